The van der Waals surface area contributed by atoms with Gasteiger partial charge in [-0.3, -0.25) is 9.97 Å². The van der Waals surface area contributed by atoms with Gasteiger partial charge in [-0.25, -0.2) is 0 Å². The first-order valence-electron chi connectivity index (χ1n) is 27.0. The van der Waals surface area contributed by atoms with Gasteiger partial charge < -0.3 is 9.80 Å². The van der Waals surface area contributed by atoms with E-state index in [4.69, 9.17) is 9.97 Å². The smallest absolute Gasteiger partial charge is 0.146 e. The second-order valence-electron chi connectivity index (χ2n) is 21.8. The van der Waals surface area contributed by atoms with Gasteiger partial charge in [0.25, 0.3) is 0 Å². The summed E-state index contributed by atoms with van der Waals surface area (Å²) in [5.74, 6) is 7.81. The lowest BCUT2D eigenvalue weighted by atomic mass is 9.97. The van der Waals surface area contributed by atoms with Crippen molar-refractivity contribution >= 4 is 49.3 Å². The summed E-state index contributed by atoms with van der Waals surface area (Å²) in [6.07, 6.45) is 13.6. The lowest BCUT2D eigenvalue weighted by molar-refractivity contribution is 0.678. The van der Waals surface area contributed by atoms with Crippen LogP contribution in [0, 0.1) is 22.9 Å². The van der Waals surface area contributed by atoms with E-state index in [0.29, 0.717) is 33.2 Å². The minimum Gasteiger partial charge on any atom is -0.372 e. The zero-order valence-corrected chi connectivity index (χ0v) is 47.7. The van der Waals surface area contributed by atoms with Crippen molar-refractivity contribution in [2.45, 2.75) is 195 Å². The third kappa shape index (κ3) is 12.1. The van der Waals surface area contributed by atoms with Gasteiger partial charge >= 0.3 is 0 Å². The van der Waals surface area contributed by atoms with Crippen molar-refractivity contribution in [1.29, 1.82) is 0 Å². The van der Waals surface area contributed by atoms with E-state index in [2.05, 4.69) is 217 Å². The maximum atomic E-state index is 5.23. The summed E-state index contributed by atoms with van der Waals surface area (Å²) in [5, 5.41) is 2.18. The molecule has 2 aromatic heterocycles. The van der Waals surface area contributed by atoms with Crippen molar-refractivity contribution in [1.82, 2.24) is 9.97 Å². The monoisotopic (exact) mass is 947 g/mol. The fourth-order valence-corrected chi connectivity index (χ4v) is 22.0. The number of rotatable bonds is 22. The van der Waals surface area contributed by atoms with Gasteiger partial charge in [0.1, 0.15) is 16.1 Å². The van der Waals surface area contributed by atoms with Gasteiger partial charge in [-0.1, -0.05) is 173 Å². The average molecular weight is 948 g/mol. The highest BCUT2D eigenvalue weighted by molar-refractivity contribution is 6.91. The summed E-state index contributed by atoms with van der Waals surface area (Å²) in [4.78, 5) is 15.6. The van der Waals surface area contributed by atoms with Gasteiger partial charge in [0.2, 0.25) is 0 Å². The molecule has 68 heavy (non-hydrogen) atoms. The lowest BCUT2D eigenvalue weighted by Crippen LogP contribution is -2.43. The fraction of sp³-hybridized carbons (Fsp3) is 0.548. The van der Waals surface area contributed by atoms with Crippen LogP contribution in [0.1, 0.15) is 173 Å². The van der Waals surface area contributed by atoms with Crippen LogP contribution in [0.3, 0.4) is 0 Å². The standard InChI is InChI=1S/C62H90N4Si2/c1-17-21-33-65(34-22-18-2)57-27-29-59(51(41-57)31-37-67(45(5)6,46(7)8)47(9)10)55-39-53-25-26-54-40-56(44-64-62(54)61(53)63-43-55)60-30-28-58(66(35-23-19-3)36-24-20-4)42-52(60)32-38-68(48(11)12,49(13)14)50(15)16/h25-30,39-50H,17-24,33-36H2,1-16H3. The number of unbranched alkanes of at least 4 members (excludes halogenated alkanes) is 4. The molecule has 0 unspecified atom stereocenters. The number of nitrogens with zero attached hydrogens (tertiary/aromatic N) is 4. The fourth-order valence-electron chi connectivity index (χ4n) is 11.6. The Balaban J connectivity index is 1.66. The first kappa shape index (κ1) is 54.6. The minimum atomic E-state index is -1.98. The molecule has 0 atom stereocenters. The molecular formula is C62H90N4Si2. The lowest BCUT2D eigenvalue weighted by Gasteiger charge is -2.38. The minimum absolute atomic E-state index is 0.562. The van der Waals surface area contributed by atoms with Crippen molar-refractivity contribution in [3.63, 3.8) is 0 Å². The molecule has 0 fully saturated rings. The van der Waals surface area contributed by atoms with Crippen LogP contribution in [-0.4, -0.2) is 52.3 Å². The Morgan fingerprint density at radius 2 is 0.735 bits per heavy atom. The van der Waals surface area contributed by atoms with Crippen LogP contribution in [0.25, 0.3) is 44.1 Å². The van der Waals surface area contributed by atoms with Gasteiger partial charge in [0.15, 0.2) is 0 Å². The van der Waals surface area contributed by atoms with E-state index in [-0.39, 0.29) is 0 Å². The van der Waals surface area contributed by atoms with Gasteiger partial charge in [-0.05, 0) is 106 Å². The topological polar surface area (TPSA) is 32.3 Å². The normalized spacial score (nSPS) is 12.2. The highest BCUT2D eigenvalue weighted by atomic mass is 28.3. The van der Waals surface area contributed by atoms with Crippen LogP contribution in [0.2, 0.25) is 33.2 Å². The molecule has 0 N–H and O–H groups in total. The first-order chi connectivity index (χ1) is 32.5. The van der Waals surface area contributed by atoms with Crippen LogP contribution in [0.15, 0.2) is 73.1 Å². The van der Waals surface area contributed by atoms with Crippen LogP contribution in [0.5, 0.6) is 0 Å². The molecule has 5 aromatic rings. The molecule has 0 spiro atoms. The van der Waals surface area contributed by atoms with Crippen LogP contribution < -0.4 is 9.80 Å². The third-order valence-electron chi connectivity index (χ3n) is 15.5. The molecular weight excluding hydrogens is 857 g/mol. The number of benzene rings is 3. The number of anilines is 2. The molecule has 4 nitrogen and oxygen atoms in total. The van der Waals surface area contributed by atoms with E-state index >= 15 is 0 Å². The molecule has 0 saturated carbocycles. The zero-order chi connectivity index (χ0) is 49.8. The van der Waals surface area contributed by atoms with E-state index in [0.717, 1.165) is 81.4 Å². The maximum Gasteiger partial charge on any atom is 0.146 e. The molecule has 0 saturated heterocycles. The Morgan fingerprint density at radius 1 is 0.426 bits per heavy atom. The summed E-state index contributed by atoms with van der Waals surface area (Å²) >= 11 is 0. The Morgan fingerprint density at radius 3 is 1.01 bits per heavy atom. The van der Waals surface area contributed by atoms with Crippen molar-refractivity contribution in [2.75, 3.05) is 36.0 Å². The quantitative estimate of drug-likeness (QED) is 0.0393. The molecule has 0 aliphatic rings. The first-order valence-corrected chi connectivity index (χ1v) is 31.5. The Kier molecular flexibility index (Phi) is 20.0. The number of fused-ring (bicyclic) bond motifs is 3. The number of hydrogen-bond acceptors (Lipinski definition) is 4. The van der Waals surface area contributed by atoms with Crippen LogP contribution in [-0.2, 0) is 0 Å². The molecule has 3 aromatic carbocycles. The molecule has 0 bridgehead atoms. The van der Waals surface area contributed by atoms with E-state index < -0.39 is 16.1 Å². The molecule has 0 radical (unpaired) electrons. The zero-order valence-electron chi connectivity index (χ0n) is 45.7. The van der Waals surface area contributed by atoms with E-state index in [9.17, 15) is 0 Å². The summed E-state index contributed by atoms with van der Waals surface area (Å²) in [7, 11) is -3.96. The van der Waals surface area contributed by atoms with Crippen molar-refractivity contribution in [3.8, 4) is 45.2 Å². The van der Waals surface area contributed by atoms with Crippen molar-refractivity contribution < 1.29 is 0 Å². The summed E-state index contributed by atoms with van der Waals surface area (Å²) < 4.78 is 0. The molecule has 2 heterocycles. The number of pyridine rings is 2. The second-order valence-corrected chi connectivity index (χ2v) is 33.0. The summed E-state index contributed by atoms with van der Waals surface area (Å²) in [6.45, 7) is 42.3. The molecule has 6 heteroatoms. The third-order valence-corrected chi connectivity index (χ3v) is 28.1. The van der Waals surface area contributed by atoms with E-state index in [1.807, 2.05) is 0 Å². The van der Waals surface area contributed by atoms with Crippen molar-refractivity contribution in [3.05, 3.63) is 84.2 Å². The summed E-state index contributed by atoms with van der Waals surface area (Å²) in [6, 6.07) is 23.2. The van der Waals surface area contributed by atoms with Crippen LogP contribution >= 0.6 is 0 Å². The summed E-state index contributed by atoms with van der Waals surface area (Å²) in [5.41, 5.74) is 22.7. The predicted octanol–water partition coefficient (Wildman–Crippen LogP) is 18.1. The molecule has 366 valence electrons. The SMILES string of the molecule is CCCCN(CCCC)c1ccc(-c2cnc3c(ccc4cc(-c5ccc(N(CCCC)CCCC)cc5C#C[Si](C(C)C)(C(C)C)C(C)C)cnc43)c2)c(C#C[Si](C(C)C)(C(C)C)C(C)C)c1. The Hall–Kier alpha value is -4.37. The van der Waals surface area contributed by atoms with Gasteiger partial charge in [0.05, 0.1) is 11.0 Å². The van der Waals surface area contributed by atoms with Gasteiger partial charge in [-0.15, -0.1) is 11.1 Å². The molecule has 0 aliphatic carbocycles. The van der Waals surface area contributed by atoms with E-state index in [1.165, 1.54) is 62.7 Å². The number of hydrogen-bond donors (Lipinski definition) is 0. The predicted molar refractivity (Wildman–Crippen MR) is 308 cm³/mol. The Bertz CT molecular complexity index is 2310. The largest absolute Gasteiger partial charge is 0.372 e. The van der Waals surface area contributed by atoms with Gasteiger partial charge in [0, 0.05) is 83.0 Å². The molecule has 0 amide bonds. The Labute approximate surface area is 417 Å². The maximum absolute atomic E-state index is 5.23. The van der Waals surface area contributed by atoms with E-state index in [1.54, 1.807) is 0 Å². The van der Waals surface area contributed by atoms with Gasteiger partial charge in [-0.2, -0.15) is 0 Å². The van der Waals surface area contributed by atoms with Crippen LogP contribution in [0.4, 0.5) is 11.4 Å². The molecule has 0 aliphatic heterocycles. The highest BCUT2D eigenvalue weighted by Gasteiger charge is 2.43. The highest BCUT2D eigenvalue weighted by Crippen LogP contribution is 2.43. The number of aromatic nitrogens is 2. The second kappa shape index (κ2) is 25.0. The average Bonchev–Trinajstić information content (AvgIpc) is 3.31. The van der Waals surface area contributed by atoms with Crippen molar-refractivity contribution in [2.24, 2.45) is 0 Å². The molecule has 5 rings (SSSR count).